The van der Waals surface area contributed by atoms with Gasteiger partial charge in [-0.2, -0.15) is 0 Å². The van der Waals surface area contributed by atoms with Crippen molar-refractivity contribution in [1.29, 1.82) is 0 Å². The van der Waals surface area contributed by atoms with Crippen molar-refractivity contribution in [3.8, 4) is 0 Å². The van der Waals surface area contributed by atoms with E-state index in [1.54, 1.807) is 14.7 Å². The second-order valence-electron chi connectivity index (χ2n) is 3.48. The third-order valence-electron chi connectivity index (χ3n) is 1.10. The maximum absolute atomic E-state index is 4.56. The molecule has 19 heavy (non-hydrogen) atoms. The zero-order valence-electron chi connectivity index (χ0n) is 11.6. The van der Waals surface area contributed by atoms with Crippen molar-refractivity contribution in [2.24, 2.45) is 0 Å². The van der Waals surface area contributed by atoms with Crippen LogP contribution in [0.1, 0.15) is 0 Å². The van der Waals surface area contributed by atoms with Crippen molar-refractivity contribution in [2.75, 3.05) is 42.3 Å². The monoisotopic (exact) mass is 557 g/mol. The van der Waals surface area contributed by atoms with Gasteiger partial charge in [0.2, 0.25) is 0 Å². The summed E-state index contributed by atoms with van der Waals surface area (Å²) >= 11 is 27.4. The first kappa shape index (κ1) is 28.3. The van der Waals surface area contributed by atoms with E-state index in [-0.39, 0.29) is 22.4 Å². The summed E-state index contributed by atoms with van der Waals surface area (Å²) in [5.74, 6) is 0. The number of hydrogen-bond donors (Lipinski definition) is 0. The van der Waals surface area contributed by atoms with E-state index in [9.17, 15) is 0 Å². The van der Waals surface area contributed by atoms with Gasteiger partial charge in [0.25, 0.3) is 0 Å². The van der Waals surface area contributed by atoms with Crippen LogP contribution in [0.2, 0.25) is 0 Å². The van der Waals surface area contributed by atoms with Crippen molar-refractivity contribution < 1.29 is 22.4 Å². The van der Waals surface area contributed by atoms with Gasteiger partial charge in [0.15, 0.2) is 0 Å². The van der Waals surface area contributed by atoms with E-state index in [0.29, 0.717) is 13.0 Å². The van der Waals surface area contributed by atoms with Gasteiger partial charge in [0.1, 0.15) is 0 Å². The molecule has 0 amide bonds. The maximum atomic E-state index is 4.56. The van der Waals surface area contributed by atoms with Crippen molar-refractivity contribution in [3.63, 3.8) is 0 Å². The minimum absolute atomic E-state index is 0. The fraction of sp³-hybridized carbons (Fsp3) is 0.667. The predicted octanol–water partition coefficient (Wildman–Crippen LogP) is 1.14. The normalized spacial score (nSPS) is 7.26. The first-order valence-corrected chi connectivity index (χ1v) is 7.03. The van der Waals surface area contributed by atoms with Crippen LogP contribution in [-0.4, -0.2) is 69.9 Å². The summed E-state index contributed by atoms with van der Waals surface area (Å²) in [4.78, 5) is 5.14. The third kappa shape index (κ3) is 32.5. The Labute approximate surface area is 165 Å². The smallest absolute Gasteiger partial charge is 0.411 e. The van der Waals surface area contributed by atoms with Gasteiger partial charge < -0.3 is 89.2 Å². The number of nitrogens with zero attached hydrogens (tertiary/aromatic N) is 3. The standard InChI is InChI=1S/3C3H7NS2.Au/c3*1-4(2)3(5)6;/h3*1-2H3,(H,5,6);/q;;;+3/p-3. The van der Waals surface area contributed by atoms with Crippen LogP contribution in [0.5, 0.6) is 0 Å². The number of hydrogen-bond acceptors (Lipinski definition) is 6. The Balaban J connectivity index is -0.0000000865. The minimum atomic E-state index is 0. The van der Waals surface area contributed by atoms with Crippen LogP contribution in [0.3, 0.4) is 0 Å². The summed E-state index contributed by atoms with van der Waals surface area (Å²) in [6, 6.07) is 0. The van der Waals surface area contributed by atoms with Crippen LogP contribution >= 0.6 is 36.7 Å². The topological polar surface area (TPSA) is 9.72 Å². The molecule has 116 valence electrons. The first-order chi connectivity index (χ1) is 7.93. The minimum Gasteiger partial charge on any atom is -0.411 e. The summed E-state index contributed by atoms with van der Waals surface area (Å²) in [6.07, 6.45) is 0. The Morgan fingerprint density at radius 3 is 0.632 bits per heavy atom. The molecule has 0 aliphatic rings. The van der Waals surface area contributed by atoms with Gasteiger partial charge in [-0.3, -0.25) is 0 Å². The molecule has 10 heteroatoms. The van der Waals surface area contributed by atoms with E-state index in [0.717, 1.165) is 0 Å². The van der Waals surface area contributed by atoms with Gasteiger partial charge in [-0.1, -0.05) is 13.0 Å². The zero-order valence-corrected chi connectivity index (χ0v) is 18.7. The third-order valence-corrected chi connectivity index (χ3v) is 3.29. The van der Waals surface area contributed by atoms with Crippen LogP contribution in [0.4, 0.5) is 0 Å². The Hall–Kier alpha value is 1.07. The molecule has 0 aromatic rings. The SMILES string of the molecule is CN(C)C(=S)[S-].CN(C)C(=S)[S-].CN(C)C(=S)[S-].[Au+3]. The van der Waals surface area contributed by atoms with Crippen molar-refractivity contribution >= 4 is 87.5 Å². The van der Waals surface area contributed by atoms with Gasteiger partial charge >= 0.3 is 22.4 Å². The van der Waals surface area contributed by atoms with Crippen LogP contribution in [0.25, 0.3) is 0 Å². The van der Waals surface area contributed by atoms with Gasteiger partial charge in [0.05, 0.1) is 0 Å². The second-order valence-corrected chi connectivity index (χ2v) is 6.58. The molecular formula is C9H18AuN3S6. The molecule has 0 aromatic heterocycles. The zero-order chi connectivity index (χ0) is 15.5. The quantitative estimate of drug-likeness (QED) is 0.244. The summed E-state index contributed by atoms with van der Waals surface area (Å²) in [7, 11) is 11.0. The molecular weight excluding hydrogens is 539 g/mol. The van der Waals surface area contributed by atoms with E-state index < -0.39 is 0 Å². The summed E-state index contributed by atoms with van der Waals surface area (Å²) in [5.41, 5.74) is 0. The van der Waals surface area contributed by atoms with Gasteiger partial charge in [-0.15, -0.1) is 0 Å². The largest absolute Gasteiger partial charge is 3.00 e. The van der Waals surface area contributed by atoms with Crippen LogP contribution in [0, 0.1) is 0 Å². The average molecular weight is 558 g/mol. The van der Waals surface area contributed by atoms with E-state index in [1.807, 2.05) is 42.3 Å². The fourth-order valence-corrected chi connectivity index (χ4v) is 0. The molecule has 0 atom stereocenters. The van der Waals surface area contributed by atoms with E-state index >= 15 is 0 Å². The number of thiocarbonyl (C=S) groups is 3. The molecule has 0 radical (unpaired) electrons. The molecule has 0 spiro atoms. The number of rotatable bonds is 0. The van der Waals surface area contributed by atoms with Gasteiger partial charge in [0, 0.05) is 42.3 Å². The molecule has 0 heterocycles. The average Bonchev–Trinajstić information content (AvgIpc) is 2.18. The van der Waals surface area contributed by atoms with E-state index in [2.05, 4.69) is 74.5 Å². The van der Waals surface area contributed by atoms with E-state index in [4.69, 9.17) is 0 Å². The van der Waals surface area contributed by atoms with Gasteiger partial charge in [-0.05, 0) is 0 Å². The Kier molecular flexibility index (Phi) is 25.5. The van der Waals surface area contributed by atoms with Gasteiger partial charge in [-0.25, -0.2) is 0 Å². The van der Waals surface area contributed by atoms with Crippen molar-refractivity contribution in [1.82, 2.24) is 14.7 Å². The van der Waals surface area contributed by atoms with Crippen LogP contribution in [0.15, 0.2) is 0 Å². The predicted molar refractivity (Wildman–Crippen MR) is 101 cm³/mol. The molecule has 0 aliphatic heterocycles. The molecule has 0 bridgehead atoms. The molecule has 0 aromatic carbocycles. The fourth-order valence-electron chi connectivity index (χ4n) is 0. The van der Waals surface area contributed by atoms with Crippen molar-refractivity contribution in [2.45, 2.75) is 0 Å². The Morgan fingerprint density at radius 1 is 0.579 bits per heavy atom. The summed E-state index contributed by atoms with van der Waals surface area (Å²) in [5, 5.41) is 0. The molecule has 0 rings (SSSR count). The van der Waals surface area contributed by atoms with Crippen LogP contribution in [-0.2, 0) is 60.3 Å². The molecule has 0 saturated carbocycles. The second kappa shape index (κ2) is 17.1. The molecule has 0 saturated heterocycles. The van der Waals surface area contributed by atoms with E-state index in [1.165, 1.54) is 0 Å². The summed E-state index contributed by atoms with van der Waals surface area (Å²) in [6.45, 7) is 0. The Morgan fingerprint density at radius 2 is 0.632 bits per heavy atom. The van der Waals surface area contributed by atoms with Crippen molar-refractivity contribution in [3.05, 3.63) is 0 Å². The molecule has 3 nitrogen and oxygen atoms in total. The molecule has 0 unspecified atom stereocenters. The molecule has 0 fully saturated rings. The maximum Gasteiger partial charge on any atom is 3.00 e. The van der Waals surface area contributed by atoms with Crippen LogP contribution < -0.4 is 0 Å². The Bertz CT molecular complexity index is 228. The summed E-state index contributed by atoms with van der Waals surface area (Å²) < 4.78 is 1.53. The first-order valence-electron chi connectivity index (χ1n) is 4.58. The molecule has 0 aliphatic carbocycles. The molecule has 0 N–H and O–H groups in total.